The van der Waals surface area contributed by atoms with Gasteiger partial charge in [-0.3, -0.25) is 9.59 Å². The van der Waals surface area contributed by atoms with Gasteiger partial charge >= 0.3 is 5.97 Å². The zero-order valence-electron chi connectivity index (χ0n) is 13.5. The summed E-state index contributed by atoms with van der Waals surface area (Å²) in [5, 5.41) is 0.419. The third-order valence-electron chi connectivity index (χ3n) is 4.40. The van der Waals surface area contributed by atoms with Crippen molar-refractivity contribution in [1.29, 1.82) is 0 Å². The molecule has 5 heteroatoms. The molecule has 1 heterocycles. The monoisotopic (exact) mass is 343 g/mol. The Kier molecular flexibility index (Phi) is 4.58. The molecule has 2 unspecified atom stereocenters. The van der Waals surface area contributed by atoms with E-state index < -0.39 is 0 Å². The maximum atomic E-state index is 13.1. The molecule has 0 N–H and O–H groups in total. The Labute approximate surface area is 146 Å². The van der Waals surface area contributed by atoms with Crippen LogP contribution < -0.4 is 4.90 Å². The average Bonchev–Trinajstić information content (AvgIpc) is 2.60. The summed E-state index contributed by atoms with van der Waals surface area (Å²) < 4.78 is 4.93. The topological polar surface area (TPSA) is 46.6 Å². The van der Waals surface area contributed by atoms with Crippen LogP contribution in [0, 0.1) is 0 Å². The summed E-state index contributed by atoms with van der Waals surface area (Å²) in [6.45, 7) is 1.93. The molecular formula is C19H18ClNO3. The van der Waals surface area contributed by atoms with Crippen LogP contribution in [0.2, 0.25) is 5.02 Å². The number of carbonyl (C=O) groups excluding carboxylic acids is 2. The minimum Gasteiger partial charge on any atom is -0.469 e. The number of nitrogens with zero attached hydrogens (tertiary/aromatic N) is 1. The van der Waals surface area contributed by atoms with Gasteiger partial charge in [-0.15, -0.1) is 0 Å². The van der Waals surface area contributed by atoms with Crippen LogP contribution in [0.5, 0.6) is 0 Å². The number of hydrogen-bond acceptors (Lipinski definition) is 3. The van der Waals surface area contributed by atoms with Crippen molar-refractivity contribution in [3.63, 3.8) is 0 Å². The van der Waals surface area contributed by atoms with Crippen molar-refractivity contribution in [3.05, 3.63) is 64.7 Å². The predicted octanol–water partition coefficient (Wildman–Crippen LogP) is 4.04. The van der Waals surface area contributed by atoms with Crippen LogP contribution >= 0.6 is 11.6 Å². The van der Waals surface area contributed by atoms with E-state index in [2.05, 4.69) is 0 Å². The second kappa shape index (κ2) is 6.65. The Hall–Kier alpha value is -2.33. The summed E-state index contributed by atoms with van der Waals surface area (Å²) in [5.41, 5.74) is 2.00. The molecule has 124 valence electrons. The van der Waals surface area contributed by atoms with E-state index in [1.165, 1.54) is 7.11 Å². The average molecular weight is 344 g/mol. The molecule has 2 atom stereocenters. The van der Waals surface area contributed by atoms with Crippen molar-refractivity contribution < 1.29 is 14.3 Å². The van der Waals surface area contributed by atoms with E-state index >= 15 is 0 Å². The number of anilines is 1. The van der Waals surface area contributed by atoms with E-state index in [4.69, 9.17) is 16.3 Å². The molecule has 0 spiro atoms. The lowest BCUT2D eigenvalue weighted by atomic mass is 9.85. The minimum absolute atomic E-state index is 0.146. The molecule has 1 amide bonds. The number of hydrogen-bond donors (Lipinski definition) is 0. The summed E-state index contributed by atoms with van der Waals surface area (Å²) >= 11 is 6.19. The fourth-order valence-corrected chi connectivity index (χ4v) is 3.47. The van der Waals surface area contributed by atoms with Gasteiger partial charge in [0, 0.05) is 11.7 Å². The largest absolute Gasteiger partial charge is 0.469 e. The summed E-state index contributed by atoms with van der Waals surface area (Å²) in [5.74, 6) is -0.806. The number of fused-ring (bicyclic) bond motifs is 1. The van der Waals surface area contributed by atoms with E-state index in [1.54, 1.807) is 29.2 Å². The maximum Gasteiger partial charge on any atom is 0.313 e. The minimum atomic E-state index is -0.364. The van der Waals surface area contributed by atoms with E-state index in [1.807, 2.05) is 31.2 Å². The number of esters is 1. The molecule has 24 heavy (non-hydrogen) atoms. The lowest BCUT2D eigenvalue weighted by Gasteiger charge is -2.38. The number of methoxy groups -OCH3 is 1. The van der Waals surface area contributed by atoms with Crippen LogP contribution in [0.15, 0.2) is 48.5 Å². The molecule has 0 fully saturated rings. The Bertz CT molecular complexity index is 790. The van der Waals surface area contributed by atoms with Gasteiger partial charge in [0.25, 0.3) is 5.91 Å². The number of rotatable bonds is 2. The van der Waals surface area contributed by atoms with Crippen LogP contribution in [0.4, 0.5) is 5.69 Å². The number of amides is 1. The summed E-state index contributed by atoms with van der Waals surface area (Å²) in [4.78, 5) is 26.9. The van der Waals surface area contributed by atoms with E-state index in [-0.39, 0.29) is 23.8 Å². The van der Waals surface area contributed by atoms with Crippen LogP contribution in [0.3, 0.4) is 0 Å². The highest BCUT2D eigenvalue weighted by molar-refractivity contribution is 6.34. The third kappa shape index (κ3) is 2.78. The first-order valence-electron chi connectivity index (χ1n) is 7.79. The number of para-hydroxylation sites is 1. The van der Waals surface area contributed by atoms with Crippen molar-refractivity contribution >= 4 is 29.2 Å². The van der Waals surface area contributed by atoms with Crippen molar-refractivity contribution in [2.75, 3.05) is 12.0 Å². The van der Waals surface area contributed by atoms with E-state index in [9.17, 15) is 9.59 Å². The van der Waals surface area contributed by atoms with Gasteiger partial charge < -0.3 is 9.64 Å². The molecular weight excluding hydrogens is 326 g/mol. The van der Waals surface area contributed by atoms with Crippen LogP contribution in [-0.4, -0.2) is 25.0 Å². The fraction of sp³-hybridized carbons (Fsp3) is 0.263. The highest BCUT2D eigenvalue weighted by Gasteiger charge is 2.37. The SMILES string of the molecule is COC(=O)C1CC(C)N(C(=O)c2ccccc2Cl)c2ccccc21. The van der Waals surface area contributed by atoms with Crippen molar-refractivity contribution in [3.8, 4) is 0 Å². The highest BCUT2D eigenvalue weighted by Crippen LogP contribution is 2.40. The van der Waals surface area contributed by atoms with Gasteiger partial charge in [0.2, 0.25) is 0 Å². The maximum absolute atomic E-state index is 13.1. The van der Waals surface area contributed by atoms with Crippen LogP contribution in [0.1, 0.15) is 35.2 Å². The first kappa shape index (κ1) is 16.5. The number of halogens is 1. The van der Waals surface area contributed by atoms with Crippen molar-refractivity contribution in [1.82, 2.24) is 0 Å². The number of benzene rings is 2. The number of carbonyl (C=O) groups is 2. The Morgan fingerprint density at radius 1 is 1.12 bits per heavy atom. The zero-order chi connectivity index (χ0) is 17.3. The Balaban J connectivity index is 2.07. The second-order valence-corrected chi connectivity index (χ2v) is 6.28. The molecule has 0 aromatic heterocycles. The predicted molar refractivity (Wildman–Crippen MR) is 93.5 cm³/mol. The van der Waals surface area contributed by atoms with Crippen molar-refractivity contribution in [2.24, 2.45) is 0 Å². The van der Waals surface area contributed by atoms with Gasteiger partial charge in [0.15, 0.2) is 0 Å². The third-order valence-corrected chi connectivity index (χ3v) is 4.73. The van der Waals surface area contributed by atoms with Crippen LogP contribution in [-0.2, 0) is 9.53 Å². The second-order valence-electron chi connectivity index (χ2n) is 5.87. The summed E-state index contributed by atoms with van der Waals surface area (Å²) in [7, 11) is 1.39. The first-order valence-corrected chi connectivity index (χ1v) is 8.17. The molecule has 4 nitrogen and oxygen atoms in total. The number of ether oxygens (including phenoxy) is 1. The summed E-state index contributed by atoms with van der Waals surface area (Å²) in [6, 6.07) is 14.3. The lowest BCUT2D eigenvalue weighted by Crippen LogP contribution is -2.44. The molecule has 0 radical (unpaired) electrons. The molecule has 0 bridgehead atoms. The van der Waals surface area contributed by atoms with Gasteiger partial charge in [-0.1, -0.05) is 41.9 Å². The summed E-state index contributed by atoms with van der Waals surface area (Å²) in [6.07, 6.45) is 0.514. The fourth-order valence-electron chi connectivity index (χ4n) is 3.25. The molecule has 1 aliphatic rings. The van der Waals surface area contributed by atoms with Gasteiger partial charge in [-0.05, 0) is 37.1 Å². The molecule has 0 saturated carbocycles. The normalized spacial score (nSPS) is 19.5. The van der Waals surface area contributed by atoms with Gasteiger partial charge in [0.1, 0.15) is 0 Å². The Morgan fingerprint density at radius 2 is 1.79 bits per heavy atom. The molecule has 0 aliphatic carbocycles. The van der Waals surface area contributed by atoms with Crippen molar-refractivity contribution in [2.45, 2.75) is 25.3 Å². The molecule has 3 rings (SSSR count). The molecule has 2 aromatic carbocycles. The lowest BCUT2D eigenvalue weighted by molar-refractivity contribution is -0.142. The first-order chi connectivity index (χ1) is 11.5. The molecule has 2 aromatic rings. The van der Waals surface area contributed by atoms with E-state index in [0.717, 1.165) is 11.3 Å². The van der Waals surface area contributed by atoms with Gasteiger partial charge in [0.05, 0.1) is 23.6 Å². The van der Waals surface area contributed by atoms with Gasteiger partial charge in [-0.25, -0.2) is 0 Å². The van der Waals surface area contributed by atoms with E-state index in [0.29, 0.717) is 17.0 Å². The zero-order valence-corrected chi connectivity index (χ0v) is 14.3. The standard InChI is InChI=1S/C19H18ClNO3/c1-12-11-15(19(23)24-2)13-7-4-6-10-17(13)21(12)18(22)14-8-3-5-9-16(14)20/h3-10,12,15H,11H2,1-2H3. The van der Waals surface area contributed by atoms with Gasteiger partial charge in [-0.2, -0.15) is 0 Å². The van der Waals surface area contributed by atoms with Crippen LogP contribution in [0.25, 0.3) is 0 Å². The highest BCUT2D eigenvalue weighted by atomic mass is 35.5. The Morgan fingerprint density at radius 3 is 2.50 bits per heavy atom. The molecule has 0 saturated heterocycles. The quantitative estimate of drug-likeness (QED) is 0.773. The molecule has 1 aliphatic heterocycles. The smallest absolute Gasteiger partial charge is 0.313 e.